The summed E-state index contributed by atoms with van der Waals surface area (Å²) >= 11 is 0. The summed E-state index contributed by atoms with van der Waals surface area (Å²) in [5, 5.41) is 5.29. The van der Waals surface area contributed by atoms with Gasteiger partial charge in [0, 0.05) is 24.3 Å². The second kappa shape index (κ2) is 9.74. The lowest BCUT2D eigenvalue weighted by molar-refractivity contribution is -0.118. The van der Waals surface area contributed by atoms with Crippen molar-refractivity contribution < 1.29 is 33.3 Å². The summed E-state index contributed by atoms with van der Waals surface area (Å²) in [7, 11) is 0. The predicted octanol–water partition coefficient (Wildman–Crippen LogP) is 2.94. The molecule has 3 rings (SSSR count). The van der Waals surface area contributed by atoms with Crippen LogP contribution in [-0.2, 0) is 23.7 Å². The Morgan fingerprint density at radius 2 is 1.91 bits per heavy atom. The van der Waals surface area contributed by atoms with Gasteiger partial charge in [0.1, 0.15) is 12.2 Å². The Morgan fingerprint density at radius 1 is 1.12 bits per heavy atom. The van der Waals surface area contributed by atoms with E-state index in [-0.39, 0.29) is 12.5 Å². The number of carbonyl (C=O) groups is 3. The van der Waals surface area contributed by atoms with Crippen molar-refractivity contribution >= 4 is 29.5 Å². The Balaban J connectivity index is 1.65. The van der Waals surface area contributed by atoms with Crippen molar-refractivity contribution in [2.45, 2.75) is 51.9 Å². The predicted molar refractivity (Wildman–Crippen MR) is 117 cm³/mol. The molecule has 0 spiro atoms. The van der Waals surface area contributed by atoms with Gasteiger partial charge in [0.25, 0.3) is 0 Å². The number of aryl methyl sites for hydroxylation is 1. The molecule has 0 radical (unpaired) electrons. The molecule has 0 bridgehead atoms. The van der Waals surface area contributed by atoms with Gasteiger partial charge in [-0.05, 0) is 51.5 Å². The maximum absolute atomic E-state index is 12.6. The molecule has 3 amide bonds. The fourth-order valence-corrected chi connectivity index (χ4v) is 3.53. The first-order chi connectivity index (χ1) is 15.1. The van der Waals surface area contributed by atoms with E-state index in [0.29, 0.717) is 44.9 Å². The summed E-state index contributed by atoms with van der Waals surface area (Å²) in [4.78, 5) is 38.8. The third-order valence-electron chi connectivity index (χ3n) is 4.96. The Labute approximate surface area is 187 Å². The van der Waals surface area contributed by atoms with Crippen LogP contribution >= 0.6 is 0 Å². The number of carbonyl (C=O) groups excluding carboxylic acids is 3. The zero-order chi connectivity index (χ0) is 23.4. The molecule has 0 aliphatic carbocycles. The number of ether oxygens (including phenoxy) is 4. The van der Waals surface area contributed by atoms with Crippen LogP contribution in [0.5, 0.6) is 0 Å². The smallest absolute Gasteiger partial charge is 0.413 e. The third-order valence-corrected chi connectivity index (χ3v) is 4.96. The Hall–Kier alpha value is -2.85. The van der Waals surface area contributed by atoms with Crippen molar-refractivity contribution in [1.82, 2.24) is 5.32 Å². The molecule has 1 aromatic carbocycles. The van der Waals surface area contributed by atoms with Crippen molar-refractivity contribution in [2.24, 2.45) is 0 Å². The SMILES string of the molecule is Cc1cc(NC(=O)OC2(NC(=O)OC(C)(C)C)CCOC2)ccc1N1CCOCCC1=O. The van der Waals surface area contributed by atoms with Crippen molar-refractivity contribution in [2.75, 3.05) is 43.2 Å². The van der Waals surface area contributed by atoms with E-state index in [2.05, 4.69) is 10.6 Å². The molecule has 2 fully saturated rings. The summed E-state index contributed by atoms with van der Waals surface area (Å²) < 4.78 is 21.5. The summed E-state index contributed by atoms with van der Waals surface area (Å²) in [5.41, 5.74) is 0.101. The minimum Gasteiger partial charge on any atom is -0.444 e. The number of amides is 3. The highest BCUT2D eigenvalue weighted by Gasteiger charge is 2.42. The van der Waals surface area contributed by atoms with Gasteiger partial charge in [0.2, 0.25) is 11.6 Å². The maximum atomic E-state index is 12.6. The van der Waals surface area contributed by atoms with Gasteiger partial charge in [-0.15, -0.1) is 0 Å². The van der Waals surface area contributed by atoms with Crippen molar-refractivity contribution in [3.8, 4) is 0 Å². The van der Waals surface area contributed by atoms with E-state index in [1.807, 2.05) is 6.92 Å². The molecule has 1 unspecified atom stereocenters. The summed E-state index contributed by atoms with van der Waals surface area (Å²) in [6.45, 7) is 8.84. The normalized spacial score (nSPS) is 21.6. The zero-order valence-electron chi connectivity index (χ0n) is 19.0. The molecule has 1 aromatic rings. The monoisotopic (exact) mass is 449 g/mol. The van der Waals surface area contributed by atoms with Crippen LogP contribution < -0.4 is 15.5 Å². The number of anilines is 2. The molecule has 2 saturated heterocycles. The topological polar surface area (TPSA) is 115 Å². The van der Waals surface area contributed by atoms with Crippen LogP contribution in [-0.4, -0.2) is 62.4 Å². The highest BCUT2D eigenvalue weighted by atomic mass is 16.6. The molecule has 2 heterocycles. The molecule has 10 heteroatoms. The van der Waals surface area contributed by atoms with E-state index >= 15 is 0 Å². The Kier molecular flexibility index (Phi) is 7.25. The van der Waals surface area contributed by atoms with E-state index in [9.17, 15) is 14.4 Å². The lowest BCUT2D eigenvalue weighted by atomic mass is 10.1. The molecule has 2 N–H and O–H groups in total. The number of hydrogen-bond acceptors (Lipinski definition) is 7. The van der Waals surface area contributed by atoms with Gasteiger partial charge in [0.15, 0.2) is 0 Å². The number of nitrogens with one attached hydrogen (secondary N) is 2. The molecule has 1 atom stereocenters. The quantitative estimate of drug-likeness (QED) is 0.679. The number of alkyl carbamates (subject to hydrolysis) is 1. The molecule has 2 aliphatic heterocycles. The Morgan fingerprint density at radius 3 is 2.56 bits per heavy atom. The molecular weight excluding hydrogens is 418 g/mol. The van der Waals surface area contributed by atoms with Gasteiger partial charge in [-0.25, -0.2) is 9.59 Å². The summed E-state index contributed by atoms with van der Waals surface area (Å²) in [6.07, 6.45) is -0.794. The first-order valence-electron chi connectivity index (χ1n) is 10.6. The van der Waals surface area contributed by atoms with Crippen LogP contribution in [0.15, 0.2) is 18.2 Å². The minimum atomic E-state index is -1.31. The van der Waals surface area contributed by atoms with E-state index in [1.54, 1.807) is 43.9 Å². The van der Waals surface area contributed by atoms with E-state index < -0.39 is 23.5 Å². The fourth-order valence-electron chi connectivity index (χ4n) is 3.53. The molecule has 0 saturated carbocycles. The highest BCUT2D eigenvalue weighted by Crippen LogP contribution is 2.26. The van der Waals surface area contributed by atoms with Crippen LogP contribution in [0.25, 0.3) is 0 Å². The van der Waals surface area contributed by atoms with Crippen LogP contribution in [0.2, 0.25) is 0 Å². The zero-order valence-corrected chi connectivity index (χ0v) is 19.0. The minimum absolute atomic E-state index is 0.00195. The molecule has 0 aromatic heterocycles. The van der Waals surface area contributed by atoms with E-state index in [4.69, 9.17) is 18.9 Å². The van der Waals surface area contributed by atoms with Gasteiger partial charge < -0.3 is 23.8 Å². The number of hydrogen-bond donors (Lipinski definition) is 2. The van der Waals surface area contributed by atoms with Crippen molar-refractivity contribution in [3.05, 3.63) is 23.8 Å². The second-order valence-corrected chi connectivity index (χ2v) is 8.85. The Bertz CT molecular complexity index is 860. The first kappa shape index (κ1) is 23.8. The fraction of sp³-hybridized carbons (Fsp3) is 0.591. The number of rotatable bonds is 4. The lowest BCUT2D eigenvalue weighted by Crippen LogP contribution is -2.54. The van der Waals surface area contributed by atoms with Gasteiger partial charge in [-0.2, -0.15) is 0 Å². The van der Waals surface area contributed by atoms with Crippen LogP contribution in [0, 0.1) is 6.92 Å². The molecule has 32 heavy (non-hydrogen) atoms. The largest absolute Gasteiger partial charge is 0.444 e. The molecule has 2 aliphatic rings. The average Bonchev–Trinajstić information content (AvgIpc) is 3.00. The van der Waals surface area contributed by atoms with Gasteiger partial charge in [-0.3, -0.25) is 15.4 Å². The molecule has 10 nitrogen and oxygen atoms in total. The standard InChI is InChI=1S/C22H31N3O7/c1-15-13-16(5-6-17(15)25-9-12-29-10-7-18(25)26)23-19(27)32-22(8-11-30-14-22)24-20(28)31-21(2,3)4/h5-6,13H,7-12,14H2,1-4H3,(H,23,27)(H,24,28). The van der Waals surface area contributed by atoms with Crippen molar-refractivity contribution in [3.63, 3.8) is 0 Å². The first-order valence-corrected chi connectivity index (χ1v) is 10.6. The van der Waals surface area contributed by atoms with Crippen LogP contribution in [0.3, 0.4) is 0 Å². The van der Waals surface area contributed by atoms with Gasteiger partial charge >= 0.3 is 12.2 Å². The third kappa shape index (κ3) is 6.33. The number of benzene rings is 1. The molecule has 176 valence electrons. The van der Waals surface area contributed by atoms with Crippen LogP contribution in [0.4, 0.5) is 21.0 Å². The number of nitrogens with zero attached hydrogens (tertiary/aromatic N) is 1. The van der Waals surface area contributed by atoms with Gasteiger partial charge in [0.05, 0.1) is 26.2 Å². The van der Waals surface area contributed by atoms with E-state index in [1.165, 1.54) is 0 Å². The molecular formula is C22H31N3O7. The summed E-state index contributed by atoms with van der Waals surface area (Å²) in [5.74, 6) is 0.00195. The van der Waals surface area contributed by atoms with Crippen LogP contribution in [0.1, 0.15) is 39.2 Å². The second-order valence-electron chi connectivity index (χ2n) is 8.85. The highest BCUT2D eigenvalue weighted by molar-refractivity contribution is 5.95. The average molecular weight is 450 g/mol. The lowest BCUT2D eigenvalue weighted by Gasteiger charge is -2.30. The van der Waals surface area contributed by atoms with Crippen molar-refractivity contribution in [1.29, 1.82) is 0 Å². The summed E-state index contributed by atoms with van der Waals surface area (Å²) in [6, 6.07) is 5.23. The van der Waals surface area contributed by atoms with Gasteiger partial charge in [-0.1, -0.05) is 0 Å². The maximum Gasteiger partial charge on any atom is 0.413 e. The van der Waals surface area contributed by atoms with E-state index in [0.717, 1.165) is 11.3 Å².